The summed E-state index contributed by atoms with van der Waals surface area (Å²) < 4.78 is 0. The van der Waals surface area contributed by atoms with Gasteiger partial charge in [-0.05, 0) is 5.56 Å². The number of benzene rings is 1. The van der Waals surface area contributed by atoms with Gasteiger partial charge in [0.05, 0.1) is 0 Å². The summed E-state index contributed by atoms with van der Waals surface area (Å²) in [6.07, 6.45) is 4.72. The zero-order valence-corrected chi connectivity index (χ0v) is 10.3. The van der Waals surface area contributed by atoms with Crippen molar-refractivity contribution in [1.29, 1.82) is 0 Å². The van der Waals surface area contributed by atoms with E-state index < -0.39 is 0 Å². The number of aliphatic hydroxyl groups is 1. The average Bonchev–Trinajstić information content (AvgIpc) is 2.70. The van der Waals surface area contributed by atoms with Crippen molar-refractivity contribution in [3.8, 4) is 0 Å². The van der Waals surface area contributed by atoms with E-state index in [9.17, 15) is 0 Å². The van der Waals surface area contributed by atoms with Gasteiger partial charge < -0.3 is 10.8 Å². The van der Waals surface area contributed by atoms with E-state index >= 15 is 0 Å². The summed E-state index contributed by atoms with van der Waals surface area (Å²) in [6.45, 7) is 0.159. The van der Waals surface area contributed by atoms with Crippen LogP contribution < -0.4 is 5.73 Å². The van der Waals surface area contributed by atoms with E-state index in [1.165, 1.54) is 0 Å². The maximum Gasteiger partial charge on any atom is 0.0499 e. The van der Waals surface area contributed by atoms with Crippen molar-refractivity contribution in [2.75, 3.05) is 12.3 Å². The van der Waals surface area contributed by atoms with Gasteiger partial charge in [-0.3, -0.25) is 0 Å². The van der Waals surface area contributed by atoms with E-state index in [-0.39, 0.29) is 6.61 Å². The molecule has 0 saturated carbocycles. The summed E-state index contributed by atoms with van der Waals surface area (Å²) in [6, 6.07) is 10.1. The van der Waals surface area contributed by atoms with E-state index in [0.29, 0.717) is 6.42 Å². The van der Waals surface area contributed by atoms with Crippen molar-refractivity contribution in [1.82, 2.24) is 0 Å². The largest absolute Gasteiger partial charge is 0.398 e. The lowest BCUT2D eigenvalue weighted by Crippen LogP contribution is -1.91. The van der Waals surface area contributed by atoms with E-state index in [4.69, 9.17) is 10.8 Å². The molecule has 0 atom stereocenters. The van der Waals surface area contributed by atoms with E-state index in [1.807, 2.05) is 47.9 Å². The topological polar surface area (TPSA) is 46.2 Å². The zero-order chi connectivity index (χ0) is 12.1. The third kappa shape index (κ3) is 2.96. The molecule has 3 heteroatoms. The van der Waals surface area contributed by atoms with Crippen molar-refractivity contribution in [2.45, 2.75) is 6.42 Å². The van der Waals surface area contributed by atoms with Crippen LogP contribution in [0.2, 0.25) is 0 Å². The number of hydrogen-bond donors (Lipinski definition) is 2. The summed E-state index contributed by atoms with van der Waals surface area (Å²) in [5.74, 6) is 0. The first-order chi connectivity index (χ1) is 8.31. The Labute approximate surface area is 105 Å². The monoisotopic (exact) mass is 245 g/mol. The lowest BCUT2D eigenvalue weighted by Gasteiger charge is -1.98. The van der Waals surface area contributed by atoms with Gasteiger partial charge in [0.2, 0.25) is 0 Å². The molecule has 3 N–H and O–H groups in total. The molecule has 1 aromatic carbocycles. The van der Waals surface area contributed by atoms with E-state index in [0.717, 1.165) is 21.7 Å². The molecular formula is C14H15NOS. The van der Waals surface area contributed by atoms with Crippen molar-refractivity contribution in [3.63, 3.8) is 0 Å². The van der Waals surface area contributed by atoms with Gasteiger partial charge in [0.15, 0.2) is 0 Å². The lowest BCUT2D eigenvalue weighted by atomic mass is 10.1. The summed E-state index contributed by atoms with van der Waals surface area (Å²) in [4.78, 5) is 1.14. The molecule has 0 fully saturated rings. The van der Waals surface area contributed by atoms with Crippen LogP contribution >= 0.6 is 11.3 Å². The van der Waals surface area contributed by atoms with E-state index in [2.05, 4.69) is 0 Å². The number of nitrogen functional groups attached to an aromatic ring is 1. The predicted octanol–water partition coefficient (Wildman–Crippen LogP) is 3.04. The van der Waals surface area contributed by atoms with Gasteiger partial charge >= 0.3 is 0 Å². The number of anilines is 1. The van der Waals surface area contributed by atoms with Crippen molar-refractivity contribution < 1.29 is 5.11 Å². The maximum atomic E-state index is 8.98. The quantitative estimate of drug-likeness (QED) is 0.869. The second kappa shape index (κ2) is 5.66. The third-order valence-corrected chi connectivity index (χ3v) is 3.60. The Kier molecular flexibility index (Phi) is 3.96. The third-order valence-electron chi connectivity index (χ3n) is 2.52. The highest BCUT2D eigenvalue weighted by atomic mass is 32.1. The van der Waals surface area contributed by atoms with Crippen LogP contribution in [0.1, 0.15) is 16.0 Å². The molecule has 0 saturated heterocycles. The molecule has 0 aliphatic rings. The molecule has 1 heterocycles. The van der Waals surface area contributed by atoms with Gasteiger partial charge in [-0.15, -0.1) is 11.3 Å². The number of nitrogens with two attached hydrogens (primary N) is 1. The molecule has 0 aliphatic heterocycles. The van der Waals surface area contributed by atoms with Crippen LogP contribution in [0.5, 0.6) is 0 Å². The molecular weight excluding hydrogens is 230 g/mol. The van der Waals surface area contributed by atoms with Crippen molar-refractivity contribution >= 4 is 29.2 Å². The second-order valence-electron chi connectivity index (χ2n) is 3.75. The van der Waals surface area contributed by atoms with Crippen LogP contribution in [0.3, 0.4) is 0 Å². The molecule has 2 rings (SSSR count). The average molecular weight is 245 g/mol. The fraction of sp³-hybridized carbons (Fsp3) is 0.143. The molecule has 0 spiro atoms. The molecule has 0 aliphatic carbocycles. The Bertz CT molecular complexity index is 502. The van der Waals surface area contributed by atoms with Gasteiger partial charge in [0.25, 0.3) is 0 Å². The number of hydrogen-bond acceptors (Lipinski definition) is 3. The first-order valence-electron chi connectivity index (χ1n) is 5.51. The zero-order valence-electron chi connectivity index (χ0n) is 9.47. The van der Waals surface area contributed by atoms with E-state index in [1.54, 1.807) is 11.3 Å². The molecule has 0 unspecified atom stereocenters. The van der Waals surface area contributed by atoms with Crippen LogP contribution in [0.15, 0.2) is 35.7 Å². The molecule has 88 valence electrons. The highest BCUT2D eigenvalue weighted by Crippen LogP contribution is 2.27. The standard InChI is InChI=1S/C14H15NOS/c15-13-10-17-14(8-9-16)12(13)7-6-11-4-2-1-3-5-11/h1-7,10,16H,8-9,15H2. The summed E-state index contributed by atoms with van der Waals surface area (Å²) in [5, 5.41) is 10.9. The minimum absolute atomic E-state index is 0.159. The van der Waals surface area contributed by atoms with Crippen LogP contribution in [0, 0.1) is 0 Å². The minimum atomic E-state index is 0.159. The fourth-order valence-corrected chi connectivity index (χ4v) is 2.57. The summed E-state index contributed by atoms with van der Waals surface area (Å²) >= 11 is 1.60. The number of thiophene rings is 1. The highest BCUT2D eigenvalue weighted by Gasteiger charge is 2.05. The van der Waals surface area contributed by atoms with Gasteiger partial charge in [-0.1, -0.05) is 42.5 Å². The Balaban J connectivity index is 2.23. The van der Waals surface area contributed by atoms with Gasteiger partial charge in [0, 0.05) is 34.5 Å². The van der Waals surface area contributed by atoms with Gasteiger partial charge in [-0.25, -0.2) is 0 Å². The Morgan fingerprint density at radius 2 is 1.94 bits per heavy atom. The SMILES string of the molecule is Nc1csc(CCO)c1C=Cc1ccccc1. The lowest BCUT2D eigenvalue weighted by molar-refractivity contribution is 0.300. The molecule has 2 nitrogen and oxygen atoms in total. The molecule has 1 aromatic heterocycles. The van der Waals surface area contributed by atoms with Gasteiger partial charge in [-0.2, -0.15) is 0 Å². The maximum absolute atomic E-state index is 8.98. The molecule has 17 heavy (non-hydrogen) atoms. The minimum Gasteiger partial charge on any atom is -0.398 e. The van der Waals surface area contributed by atoms with Crippen molar-refractivity contribution in [2.24, 2.45) is 0 Å². The molecule has 2 aromatic rings. The molecule has 0 amide bonds. The van der Waals surface area contributed by atoms with Crippen LogP contribution in [0.4, 0.5) is 5.69 Å². The Hall–Kier alpha value is -1.58. The first-order valence-corrected chi connectivity index (χ1v) is 6.39. The van der Waals surface area contributed by atoms with Crippen LogP contribution in [-0.4, -0.2) is 11.7 Å². The molecule has 0 radical (unpaired) electrons. The Morgan fingerprint density at radius 3 is 2.65 bits per heavy atom. The predicted molar refractivity (Wildman–Crippen MR) is 74.9 cm³/mol. The summed E-state index contributed by atoms with van der Waals surface area (Å²) in [5.41, 5.74) is 8.88. The Morgan fingerprint density at radius 1 is 1.18 bits per heavy atom. The number of aliphatic hydroxyl groups excluding tert-OH is 1. The van der Waals surface area contributed by atoms with Gasteiger partial charge in [0.1, 0.15) is 0 Å². The van der Waals surface area contributed by atoms with Crippen molar-refractivity contribution in [3.05, 3.63) is 51.7 Å². The second-order valence-corrected chi connectivity index (χ2v) is 4.71. The van der Waals surface area contributed by atoms with Crippen LogP contribution in [-0.2, 0) is 6.42 Å². The normalized spacial score (nSPS) is 11.1. The van der Waals surface area contributed by atoms with Crippen LogP contribution in [0.25, 0.3) is 12.2 Å². The molecule has 0 bridgehead atoms. The first kappa shape index (κ1) is 11.9. The smallest absolute Gasteiger partial charge is 0.0499 e. The number of rotatable bonds is 4. The fourth-order valence-electron chi connectivity index (χ4n) is 1.65. The summed E-state index contributed by atoms with van der Waals surface area (Å²) in [7, 11) is 0. The highest BCUT2D eigenvalue weighted by molar-refractivity contribution is 7.10.